The smallest absolute Gasteiger partial charge is 0.347 e. The third kappa shape index (κ3) is 3.69. The summed E-state index contributed by atoms with van der Waals surface area (Å²) in [4.78, 5) is 27.4. The van der Waals surface area contributed by atoms with E-state index in [1.807, 2.05) is 61.8 Å². The molecule has 0 amide bonds. The van der Waals surface area contributed by atoms with Crippen LogP contribution in [-0.4, -0.2) is 30.8 Å². The van der Waals surface area contributed by atoms with Crippen LogP contribution in [0.15, 0.2) is 78.2 Å². The van der Waals surface area contributed by atoms with Gasteiger partial charge in [-0.15, -0.1) is 0 Å². The van der Waals surface area contributed by atoms with E-state index < -0.39 is 5.97 Å². The Labute approximate surface area is 202 Å². The maximum Gasteiger partial charge on any atom is 0.383 e. The van der Waals surface area contributed by atoms with E-state index in [0.717, 1.165) is 58.3 Å². The molecule has 1 aliphatic carbocycles. The standard InChI is InChI=1S/C28H25N5O2/c1-18-29-15-16-33(18)17-20-12-14-25-26(21-8-4-6-10-24(21)32(25)2)27(20)31-35-28(34)23-13-11-19-7-3-5-9-22(19)30-23/h3-11,13,15-16,20H,12,14,17H2,1-2H3/b31-27+. The zero-order valence-corrected chi connectivity index (χ0v) is 19.7. The van der Waals surface area contributed by atoms with E-state index in [-0.39, 0.29) is 11.6 Å². The number of fused-ring (bicyclic) bond motifs is 4. The molecule has 0 aliphatic heterocycles. The SMILES string of the molecule is Cc1nccn1CC1CCc2c(c3ccccc3n2C)/C1=N/OC(=O)c1ccc2ccccc2n1. The van der Waals surface area contributed by atoms with Crippen molar-refractivity contribution in [2.75, 3.05) is 0 Å². The molecule has 0 radical (unpaired) electrons. The average molecular weight is 464 g/mol. The molecule has 1 atom stereocenters. The first-order chi connectivity index (χ1) is 17.1. The number of hydrogen-bond acceptors (Lipinski definition) is 5. The molecule has 0 N–H and O–H groups in total. The lowest BCUT2D eigenvalue weighted by molar-refractivity contribution is 0.0507. The Morgan fingerprint density at radius 1 is 1.11 bits per heavy atom. The monoisotopic (exact) mass is 463 g/mol. The highest BCUT2D eigenvalue weighted by Crippen LogP contribution is 2.35. The minimum atomic E-state index is -0.562. The topological polar surface area (TPSA) is 74.3 Å². The molecule has 0 bridgehead atoms. The second-order valence-corrected chi connectivity index (χ2v) is 9.00. The number of nitrogens with zero attached hydrogens (tertiary/aromatic N) is 5. The van der Waals surface area contributed by atoms with Crippen LogP contribution in [0.3, 0.4) is 0 Å². The largest absolute Gasteiger partial charge is 0.383 e. The van der Waals surface area contributed by atoms with Crippen molar-refractivity contribution in [3.8, 4) is 0 Å². The van der Waals surface area contributed by atoms with Gasteiger partial charge in [-0.3, -0.25) is 0 Å². The summed E-state index contributed by atoms with van der Waals surface area (Å²) in [7, 11) is 2.09. The number of hydrogen-bond donors (Lipinski definition) is 0. The van der Waals surface area contributed by atoms with Crippen molar-refractivity contribution in [3.05, 3.63) is 95.8 Å². The molecule has 0 spiro atoms. The summed E-state index contributed by atoms with van der Waals surface area (Å²) in [6.07, 6.45) is 5.62. The zero-order chi connectivity index (χ0) is 23.9. The van der Waals surface area contributed by atoms with Gasteiger partial charge in [-0.1, -0.05) is 47.6 Å². The molecular formula is C28H25N5O2. The van der Waals surface area contributed by atoms with Crippen LogP contribution in [0.2, 0.25) is 0 Å². The molecule has 1 unspecified atom stereocenters. The van der Waals surface area contributed by atoms with Gasteiger partial charge >= 0.3 is 5.97 Å². The zero-order valence-electron chi connectivity index (χ0n) is 19.7. The van der Waals surface area contributed by atoms with Crippen LogP contribution in [0.1, 0.15) is 34.0 Å². The van der Waals surface area contributed by atoms with Crippen molar-refractivity contribution in [3.63, 3.8) is 0 Å². The Balaban J connectivity index is 1.40. The highest BCUT2D eigenvalue weighted by atomic mass is 16.7. The first kappa shape index (κ1) is 21.3. The van der Waals surface area contributed by atoms with Crippen LogP contribution in [0.5, 0.6) is 0 Å². The van der Waals surface area contributed by atoms with Crippen LogP contribution in [0.4, 0.5) is 0 Å². The van der Waals surface area contributed by atoms with Crippen LogP contribution in [0, 0.1) is 12.8 Å². The third-order valence-electron chi connectivity index (χ3n) is 6.98. The van der Waals surface area contributed by atoms with Gasteiger partial charge < -0.3 is 14.0 Å². The van der Waals surface area contributed by atoms with Crippen molar-refractivity contribution in [1.29, 1.82) is 0 Å². The molecule has 3 heterocycles. The number of aromatic nitrogens is 4. The van der Waals surface area contributed by atoms with Crippen LogP contribution < -0.4 is 0 Å². The van der Waals surface area contributed by atoms with Gasteiger partial charge in [-0.05, 0) is 38.0 Å². The van der Waals surface area contributed by atoms with E-state index in [0.29, 0.717) is 0 Å². The number of para-hydroxylation sites is 2. The van der Waals surface area contributed by atoms with Crippen molar-refractivity contribution >= 4 is 33.5 Å². The summed E-state index contributed by atoms with van der Waals surface area (Å²) in [5.41, 5.74) is 5.21. The van der Waals surface area contributed by atoms with E-state index >= 15 is 0 Å². The molecule has 6 rings (SSSR count). The van der Waals surface area contributed by atoms with Crippen molar-refractivity contribution in [1.82, 2.24) is 19.1 Å². The second-order valence-electron chi connectivity index (χ2n) is 9.00. The van der Waals surface area contributed by atoms with E-state index in [1.165, 1.54) is 5.69 Å². The molecule has 174 valence electrons. The molecule has 1 aliphatic rings. The maximum atomic E-state index is 13.0. The summed E-state index contributed by atoms with van der Waals surface area (Å²) in [6.45, 7) is 2.72. The number of benzene rings is 2. The van der Waals surface area contributed by atoms with E-state index in [9.17, 15) is 4.79 Å². The normalized spacial score (nSPS) is 16.6. The minimum Gasteiger partial charge on any atom is -0.347 e. The molecule has 7 heteroatoms. The predicted octanol–water partition coefficient (Wildman–Crippen LogP) is 5.06. The van der Waals surface area contributed by atoms with Crippen LogP contribution in [-0.2, 0) is 24.9 Å². The number of aryl methyl sites for hydroxylation is 2. The number of carbonyl (C=O) groups excluding carboxylic acids is 1. The Kier molecular flexibility index (Phi) is 5.17. The Bertz CT molecular complexity index is 1610. The number of oxime groups is 1. The highest BCUT2D eigenvalue weighted by Gasteiger charge is 2.32. The van der Waals surface area contributed by atoms with Gasteiger partial charge in [0.1, 0.15) is 5.82 Å². The molecule has 5 aromatic rings. The first-order valence-electron chi connectivity index (χ1n) is 11.8. The number of carbonyl (C=O) groups is 1. The lowest BCUT2D eigenvalue weighted by Gasteiger charge is -2.25. The van der Waals surface area contributed by atoms with Gasteiger partial charge in [0.25, 0.3) is 0 Å². The predicted molar refractivity (Wildman–Crippen MR) is 135 cm³/mol. The van der Waals surface area contributed by atoms with Gasteiger partial charge in [0, 0.05) is 59.5 Å². The van der Waals surface area contributed by atoms with Gasteiger partial charge in [0.05, 0.1) is 11.2 Å². The van der Waals surface area contributed by atoms with E-state index in [1.54, 1.807) is 6.07 Å². The van der Waals surface area contributed by atoms with Crippen molar-refractivity contribution in [2.45, 2.75) is 26.3 Å². The molecule has 0 fully saturated rings. The molecule has 0 saturated heterocycles. The maximum absolute atomic E-state index is 13.0. The van der Waals surface area contributed by atoms with Gasteiger partial charge in [0.15, 0.2) is 5.69 Å². The number of imidazole rings is 1. The fourth-order valence-electron chi connectivity index (χ4n) is 5.13. The fraction of sp³-hybridized carbons (Fsp3) is 0.214. The molecule has 2 aromatic carbocycles. The van der Waals surface area contributed by atoms with Crippen LogP contribution >= 0.6 is 0 Å². The number of pyridine rings is 1. The third-order valence-corrected chi connectivity index (χ3v) is 6.98. The summed E-state index contributed by atoms with van der Waals surface area (Å²) in [6, 6.07) is 19.6. The summed E-state index contributed by atoms with van der Waals surface area (Å²) < 4.78 is 4.36. The Morgan fingerprint density at radius 3 is 2.80 bits per heavy atom. The molecule has 7 nitrogen and oxygen atoms in total. The lowest BCUT2D eigenvalue weighted by atomic mass is 9.84. The molecule has 0 saturated carbocycles. The Morgan fingerprint density at radius 2 is 1.94 bits per heavy atom. The summed E-state index contributed by atoms with van der Waals surface area (Å²) in [5, 5.41) is 6.61. The number of rotatable bonds is 4. The molecule has 35 heavy (non-hydrogen) atoms. The van der Waals surface area contributed by atoms with Gasteiger partial charge in [0.2, 0.25) is 0 Å². The van der Waals surface area contributed by atoms with Crippen molar-refractivity contribution < 1.29 is 9.63 Å². The quantitative estimate of drug-likeness (QED) is 0.276. The first-order valence-corrected chi connectivity index (χ1v) is 11.8. The van der Waals surface area contributed by atoms with E-state index in [4.69, 9.17) is 4.84 Å². The lowest BCUT2D eigenvalue weighted by Crippen LogP contribution is -2.28. The summed E-state index contributed by atoms with van der Waals surface area (Å²) in [5.74, 6) is 0.470. The van der Waals surface area contributed by atoms with Crippen LogP contribution in [0.25, 0.3) is 21.8 Å². The van der Waals surface area contributed by atoms with E-state index in [2.05, 4.69) is 43.4 Å². The van der Waals surface area contributed by atoms with Gasteiger partial charge in [-0.25, -0.2) is 14.8 Å². The second kappa shape index (κ2) is 8.51. The van der Waals surface area contributed by atoms with Crippen molar-refractivity contribution in [2.24, 2.45) is 18.1 Å². The Hall–Kier alpha value is -4.26. The molecule has 3 aromatic heterocycles. The minimum absolute atomic E-state index is 0.0820. The summed E-state index contributed by atoms with van der Waals surface area (Å²) >= 11 is 0. The highest BCUT2D eigenvalue weighted by molar-refractivity contribution is 6.14. The average Bonchev–Trinajstić information content (AvgIpc) is 3.43. The van der Waals surface area contributed by atoms with Gasteiger partial charge in [-0.2, -0.15) is 0 Å². The molecular weight excluding hydrogens is 438 g/mol. The fourth-order valence-corrected chi connectivity index (χ4v) is 5.13.